The number of fused-ring (bicyclic) bond motifs is 1. The second-order valence-corrected chi connectivity index (χ2v) is 14.9. The summed E-state index contributed by atoms with van der Waals surface area (Å²) in [6, 6.07) is 15.3. The van der Waals surface area contributed by atoms with E-state index in [-0.39, 0.29) is 17.5 Å². The van der Waals surface area contributed by atoms with Crippen LogP contribution in [0.4, 0.5) is 0 Å². The van der Waals surface area contributed by atoms with Gasteiger partial charge in [-0.05, 0) is 63.8 Å². The number of hydrogen-bond acceptors (Lipinski definition) is 6. The van der Waals surface area contributed by atoms with Gasteiger partial charge in [-0.2, -0.15) is 0 Å². The Bertz CT molecular complexity index is 1440. The molecule has 6 nitrogen and oxygen atoms in total. The maximum atomic E-state index is 13.1. The number of esters is 1. The lowest BCUT2D eigenvalue weighted by Gasteiger charge is -2.31. The molecule has 0 saturated carbocycles. The first-order valence-corrected chi connectivity index (χ1v) is 20.7. The lowest BCUT2D eigenvalue weighted by molar-refractivity contribution is -0.151. The van der Waals surface area contributed by atoms with Gasteiger partial charge in [-0.1, -0.05) is 140 Å². The first kappa shape index (κ1) is 40.6. The minimum atomic E-state index is -0.0156. The van der Waals surface area contributed by atoms with Gasteiger partial charge in [-0.3, -0.25) is 9.59 Å². The van der Waals surface area contributed by atoms with Crippen molar-refractivity contribution in [2.24, 2.45) is 0 Å². The van der Waals surface area contributed by atoms with Crippen molar-refractivity contribution in [1.29, 1.82) is 0 Å². The SMILES string of the molecule is CCCCCCCCCCCCCCCCCC(=O)OC1CCN(CCCCCCOc2ccc3oc(-c4ccccc4)c(C)c(=O)c3c2)CC1. The van der Waals surface area contributed by atoms with E-state index >= 15 is 0 Å². The summed E-state index contributed by atoms with van der Waals surface area (Å²) in [5.74, 6) is 1.33. The van der Waals surface area contributed by atoms with Crippen LogP contribution in [0, 0.1) is 6.92 Å². The van der Waals surface area contributed by atoms with E-state index in [4.69, 9.17) is 13.9 Å². The Kier molecular flexibility index (Phi) is 19.3. The highest BCUT2D eigenvalue weighted by molar-refractivity contribution is 5.81. The van der Waals surface area contributed by atoms with Gasteiger partial charge in [0.15, 0.2) is 5.43 Å². The van der Waals surface area contributed by atoms with Crippen LogP contribution in [0.1, 0.15) is 154 Å². The van der Waals surface area contributed by atoms with E-state index in [0.717, 1.165) is 63.7 Å². The topological polar surface area (TPSA) is 69.0 Å². The Balaban J connectivity index is 0.956. The van der Waals surface area contributed by atoms with E-state index in [9.17, 15) is 9.59 Å². The van der Waals surface area contributed by atoms with Crippen LogP contribution in [-0.2, 0) is 9.53 Å². The predicted molar refractivity (Wildman–Crippen MR) is 212 cm³/mol. The third kappa shape index (κ3) is 15.2. The summed E-state index contributed by atoms with van der Waals surface area (Å²) in [6.07, 6.45) is 27.1. The fourth-order valence-electron chi connectivity index (χ4n) is 7.34. The minimum absolute atomic E-state index is 0.00447. The van der Waals surface area contributed by atoms with E-state index in [2.05, 4.69) is 11.8 Å². The van der Waals surface area contributed by atoms with E-state index in [1.807, 2.05) is 55.5 Å². The first-order chi connectivity index (χ1) is 25.0. The molecule has 0 unspecified atom stereocenters. The molecule has 0 spiro atoms. The molecule has 1 aliphatic rings. The average molecular weight is 702 g/mol. The molecule has 51 heavy (non-hydrogen) atoms. The highest BCUT2D eigenvalue weighted by Gasteiger charge is 2.22. The minimum Gasteiger partial charge on any atom is -0.494 e. The molecule has 1 saturated heterocycles. The molecule has 0 radical (unpaired) electrons. The van der Waals surface area contributed by atoms with Gasteiger partial charge < -0.3 is 18.8 Å². The van der Waals surface area contributed by atoms with Gasteiger partial charge in [0.25, 0.3) is 0 Å². The third-order valence-corrected chi connectivity index (χ3v) is 10.6. The normalized spacial score (nSPS) is 13.9. The van der Waals surface area contributed by atoms with Crippen molar-refractivity contribution in [2.45, 2.75) is 161 Å². The van der Waals surface area contributed by atoms with E-state index < -0.39 is 0 Å². The summed E-state index contributed by atoms with van der Waals surface area (Å²) >= 11 is 0. The number of hydrogen-bond donors (Lipinski definition) is 0. The van der Waals surface area contributed by atoms with E-state index in [1.165, 1.54) is 96.3 Å². The number of rotatable bonds is 26. The number of unbranched alkanes of at least 4 members (excludes halogenated alkanes) is 17. The summed E-state index contributed by atoms with van der Waals surface area (Å²) in [4.78, 5) is 28.0. The molecule has 1 aliphatic heterocycles. The number of benzene rings is 2. The highest BCUT2D eigenvalue weighted by Crippen LogP contribution is 2.27. The molecule has 0 atom stereocenters. The van der Waals surface area contributed by atoms with Crippen molar-refractivity contribution in [3.05, 3.63) is 64.3 Å². The Hall–Kier alpha value is -3.12. The van der Waals surface area contributed by atoms with Gasteiger partial charge in [0.2, 0.25) is 0 Å². The maximum absolute atomic E-state index is 13.1. The molecule has 0 N–H and O–H groups in total. The van der Waals surface area contributed by atoms with Gasteiger partial charge in [0.1, 0.15) is 23.2 Å². The molecular weight excluding hydrogens is 634 g/mol. The molecule has 4 rings (SSSR count). The van der Waals surface area contributed by atoms with E-state index in [0.29, 0.717) is 41.1 Å². The van der Waals surface area contributed by atoms with Crippen LogP contribution in [0.5, 0.6) is 5.75 Å². The van der Waals surface area contributed by atoms with Crippen molar-refractivity contribution in [1.82, 2.24) is 4.90 Å². The smallest absolute Gasteiger partial charge is 0.306 e. The zero-order valence-electron chi connectivity index (χ0n) is 32.1. The van der Waals surface area contributed by atoms with Gasteiger partial charge >= 0.3 is 5.97 Å². The highest BCUT2D eigenvalue weighted by atomic mass is 16.5. The van der Waals surface area contributed by atoms with Crippen molar-refractivity contribution in [2.75, 3.05) is 26.2 Å². The van der Waals surface area contributed by atoms with Crippen molar-refractivity contribution < 1.29 is 18.7 Å². The summed E-state index contributed by atoms with van der Waals surface area (Å²) in [6.45, 7) is 7.87. The summed E-state index contributed by atoms with van der Waals surface area (Å²) < 4.78 is 18.0. The molecule has 3 aromatic rings. The van der Waals surface area contributed by atoms with Crippen LogP contribution < -0.4 is 10.2 Å². The van der Waals surface area contributed by atoms with Crippen molar-refractivity contribution >= 4 is 16.9 Å². The van der Waals surface area contributed by atoms with Crippen molar-refractivity contribution in [3.63, 3.8) is 0 Å². The summed E-state index contributed by atoms with van der Waals surface area (Å²) in [7, 11) is 0. The molecule has 1 fully saturated rings. The van der Waals surface area contributed by atoms with Crippen LogP contribution in [0.15, 0.2) is 57.7 Å². The van der Waals surface area contributed by atoms with Gasteiger partial charge in [-0.25, -0.2) is 0 Å². The fraction of sp³-hybridized carbons (Fsp3) is 0.644. The second-order valence-electron chi connectivity index (χ2n) is 14.9. The molecule has 6 heteroatoms. The monoisotopic (exact) mass is 702 g/mol. The average Bonchev–Trinajstić information content (AvgIpc) is 3.15. The Morgan fingerprint density at radius 2 is 1.33 bits per heavy atom. The zero-order chi connectivity index (χ0) is 35.9. The summed E-state index contributed by atoms with van der Waals surface area (Å²) in [5.41, 5.74) is 2.08. The van der Waals surface area contributed by atoms with Gasteiger partial charge in [-0.15, -0.1) is 0 Å². The van der Waals surface area contributed by atoms with Gasteiger partial charge in [0.05, 0.1) is 12.0 Å². The van der Waals surface area contributed by atoms with Crippen LogP contribution in [0.3, 0.4) is 0 Å². The molecular formula is C45H67NO5. The quantitative estimate of drug-likeness (QED) is 0.0613. The first-order valence-electron chi connectivity index (χ1n) is 20.7. The zero-order valence-corrected chi connectivity index (χ0v) is 32.1. The Morgan fingerprint density at radius 1 is 0.745 bits per heavy atom. The van der Waals surface area contributed by atoms with Crippen LogP contribution in [-0.4, -0.2) is 43.2 Å². The number of carbonyl (C=O) groups excluding carboxylic acids is 1. The number of carbonyl (C=O) groups is 1. The molecule has 1 aromatic heterocycles. The molecule has 0 aliphatic carbocycles. The second kappa shape index (κ2) is 24.2. The largest absolute Gasteiger partial charge is 0.494 e. The fourth-order valence-corrected chi connectivity index (χ4v) is 7.34. The molecule has 0 amide bonds. The summed E-state index contributed by atoms with van der Waals surface area (Å²) in [5, 5.41) is 0.559. The standard InChI is InChI=1S/C45H67NO5/c1-3-4-5-6-7-8-9-10-11-12-13-14-15-16-22-27-43(47)50-39-30-33-46(34-31-39)32-23-17-18-24-35-49-40-28-29-42-41(36-40)44(48)37(2)45(51-42)38-25-20-19-21-26-38/h19-21,25-26,28-29,36,39H,3-18,22-24,27,30-35H2,1-2H3. The van der Waals surface area contributed by atoms with Gasteiger partial charge in [0, 0.05) is 30.6 Å². The Labute approximate surface area is 308 Å². The predicted octanol–water partition coefficient (Wildman–Crippen LogP) is 12.0. The molecule has 0 bridgehead atoms. The number of nitrogens with zero attached hydrogens (tertiary/aromatic N) is 1. The number of ether oxygens (including phenoxy) is 2. The molecule has 2 aromatic carbocycles. The Morgan fingerprint density at radius 3 is 1.98 bits per heavy atom. The number of likely N-dealkylation sites (tertiary alicyclic amines) is 1. The van der Waals surface area contributed by atoms with Crippen molar-refractivity contribution in [3.8, 4) is 17.1 Å². The molecule has 282 valence electrons. The number of piperidine rings is 1. The lowest BCUT2D eigenvalue weighted by atomic mass is 10.0. The van der Waals surface area contributed by atoms with Crippen LogP contribution in [0.2, 0.25) is 0 Å². The lowest BCUT2D eigenvalue weighted by Crippen LogP contribution is -2.38. The maximum Gasteiger partial charge on any atom is 0.306 e. The molecule has 2 heterocycles. The van der Waals surface area contributed by atoms with Crippen LogP contribution in [0.25, 0.3) is 22.3 Å². The van der Waals surface area contributed by atoms with Crippen LogP contribution >= 0.6 is 0 Å². The van der Waals surface area contributed by atoms with E-state index in [1.54, 1.807) is 0 Å². The third-order valence-electron chi connectivity index (χ3n) is 10.6.